The molecule has 0 aliphatic carbocycles. The number of carbonyl (C=O) groups excluding carboxylic acids is 2. The Morgan fingerprint density at radius 1 is 0.955 bits per heavy atom. The maximum atomic E-state index is 13.6. The second-order valence-electron chi connectivity index (χ2n) is 4.46. The second-order valence-corrected chi connectivity index (χ2v) is 4.46. The normalized spacial score (nSPS) is 10.1. The van der Waals surface area contributed by atoms with Gasteiger partial charge in [0.15, 0.2) is 0 Å². The molecule has 0 fully saturated rings. The Kier molecular flexibility index (Phi) is 4.83. The van der Waals surface area contributed by atoms with Gasteiger partial charge in [0.2, 0.25) is 0 Å². The van der Waals surface area contributed by atoms with Crippen LogP contribution < -0.4 is 10.6 Å². The van der Waals surface area contributed by atoms with Crippen molar-refractivity contribution < 1.29 is 18.4 Å². The molecule has 114 valence electrons. The summed E-state index contributed by atoms with van der Waals surface area (Å²) in [5, 5.41) is 4.97. The third kappa shape index (κ3) is 3.28. The summed E-state index contributed by atoms with van der Waals surface area (Å²) >= 11 is 0. The fourth-order valence-electron chi connectivity index (χ4n) is 1.95. The molecule has 0 aliphatic rings. The summed E-state index contributed by atoms with van der Waals surface area (Å²) in [4.78, 5) is 24.0. The van der Waals surface area contributed by atoms with Crippen molar-refractivity contribution in [3.63, 3.8) is 0 Å². The second kappa shape index (κ2) is 6.80. The molecule has 0 atom stereocenters. The van der Waals surface area contributed by atoms with E-state index in [2.05, 4.69) is 10.6 Å². The lowest BCUT2D eigenvalue weighted by Crippen LogP contribution is -2.25. The van der Waals surface area contributed by atoms with Crippen LogP contribution in [0.1, 0.15) is 27.6 Å². The van der Waals surface area contributed by atoms with Crippen LogP contribution in [0.15, 0.2) is 42.5 Å². The number of hydrogen-bond donors (Lipinski definition) is 2. The van der Waals surface area contributed by atoms with E-state index < -0.39 is 23.1 Å². The van der Waals surface area contributed by atoms with Gasteiger partial charge >= 0.3 is 0 Å². The highest BCUT2D eigenvalue weighted by Gasteiger charge is 2.19. The summed E-state index contributed by atoms with van der Waals surface area (Å²) in [5.74, 6) is -3.26. The van der Waals surface area contributed by atoms with Crippen LogP contribution in [-0.4, -0.2) is 18.4 Å². The molecule has 0 radical (unpaired) electrons. The summed E-state index contributed by atoms with van der Waals surface area (Å²) in [5.41, 5.74) is -0.288. The van der Waals surface area contributed by atoms with Crippen LogP contribution in [0.25, 0.3) is 0 Å². The number of hydrogen-bond acceptors (Lipinski definition) is 2. The molecule has 2 aromatic carbocycles. The first-order valence-electron chi connectivity index (χ1n) is 6.67. The predicted molar refractivity (Wildman–Crippen MR) is 78.8 cm³/mol. The van der Waals surface area contributed by atoms with E-state index in [0.29, 0.717) is 6.54 Å². The van der Waals surface area contributed by atoms with Gasteiger partial charge in [-0.3, -0.25) is 9.59 Å². The first-order chi connectivity index (χ1) is 10.5. The lowest BCUT2D eigenvalue weighted by atomic mass is 10.1. The molecule has 2 rings (SSSR count). The molecule has 0 saturated heterocycles. The van der Waals surface area contributed by atoms with E-state index in [1.165, 1.54) is 18.2 Å². The number of para-hydroxylation sites is 1. The lowest BCUT2D eigenvalue weighted by Gasteiger charge is -2.11. The average molecular weight is 304 g/mol. The maximum absolute atomic E-state index is 13.6. The van der Waals surface area contributed by atoms with Gasteiger partial charge in [0.25, 0.3) is 11.8 Å². The van der Waals surface area contributed by atoms with Crippen LogP contribution in [0.2, 0.25) is 0 Å². The maximum Gasteiger partial charge on any atom is 0.261 e. The monoisotopic (exact) mass is 304 g/mol. The molecular formula is C16H14F2N2O2. The number of amides is 2. The summed E-state index contributed by atoms with van der Waals surface area (Å²) < 4.78 is 27.2. The molecular weight excluding hydrogens is 290 g/mol. The van der Waals surface area contributed by atoms with Gasteiger partial charge < -0.3 is 10.6 Å². The van der Waals surface area contributed by atoms with Gasteiger partial charge in [0.1, 0.15) is 17.2 Å². The van der Waals surface area contributed by atoms with Crippen LogP contribution in [0.3, 0.4) is 0 Å². The highest BCUT2D eigenvalue weighted by atomic mass is 19.1. The van der Waals surface area contributed by atoms with Gasteiger partial charge in [0, 0.05) is 6.54 Å². The van der Waals surface area contributed by atoms with Crippen molar-refractivity contribution in [2.24, 2.45) is 0 Å². The van der Waals surface area contributed by atoms with E-state index in [1.807, 2.05) is 0 Å². The van der Waals surface area contributed by atoms with E-state index in [0.717, 1.165) is 12.1 Å². The van der Waals surface area contributed by atoms with Gasteiger partial charge in [0.05, 0.1) is 11.3 Å². The van der Waals surface area contributed by atoms with Crippen LogP contribution >= 0.6 is 0 Å². The first-order valence-corrected chi connectivity index (χ1v) is 6.67. The molecule has 0 unspecified atom stereocenters. The molecule has 2 amide bonds. The minimum atomic E-state index is -0.965. The number of nitrogens with one attached hydrogen (secondary N) is 2. The Labute approximate surface area is 126 Å². The van der Waals surface area contributed by atoms with Crippen molar-refractivity contribution in [1.29, 1.82) is 0 Å². The van der Waals surface area contributed by atoms with Crippen molar-refractivity contribution in [1.82, 2.24) is 5.32 Å². The number of halogens is 2. The van der Waals surface area contributed by atoms with Crippen molar-refractivity contribution in [3.8, 4) is 0 Å². The fourth-order valence-corrected chi connectivity index (χ4v) is 1.95. The van der Waals surface area contributed by atoms with E-state index >= 15 is 0 Å². The zero-order valence-corrected chi connectivity index (χ0v) is 11.8. The van der Waals surface area contributed by atoms with Crippen LogP contribution in [0.5, 0.6) is 0 Å². The van der Waals surface area contributed by atoms with E-state index in [4.69, 9.17) is 0 Å². The molecule has 0 spiro atoms. The standard InChI is InChI=1S/C16H14F2N2O2/c1-2-19-15(21)10-6-3-4-9-13(10)20-16(22)14-11(17)7-5-8-12(14)18/h3-9H,2H2,1H3,(H,19,21)(H,20,22). The molecule has 4 nitrogen and oxygen atoms in total. The van der Waals surface area contributed by atoms with Gasteiger partial charge in [-0.25, -0.2) is 8.78 Å². The molecule has 2 aromatic rings. The van der Waals surface area contributed by atoms with Crippen molar-refractivity contribution in [2.45, 2.75) is 6.92 Å². The molecule has 0 aliphatic heterocycles. The zero-order valence-electron chi connectivity index (χ0n) is 11.8. The largest absolute Gasteiger partial charge is 0.352 e. The average Bonchev–Trinajstić information content (AvgIpc) is 2.47. The summed E-state index contributed by atoms with van der Waals surface area (Å²) in [6.45, 7) is 2.18. The number of rotatable bonds is 4. The predicted octanol–water partition coefficient (Wildman–Crippen LogP) is 2.97. The Morgan fingerprint density at radius 3 is 2.23 bits per heavy atom. The van der Waals surface area contributed by atoms with Crippen molar-refractivity contribution >= 4 is 17.5 Å². The van der Waals surface area contributed by atoms with E-state index in [9.17, 15) is 18.4 Å². The molecule has 2 N–H and O–H groups in total. The van der Waals surface area contributed by atoms with Crippen molar-refractivity contribution in [2.75, 3.05) is 11.9 Å². The molecule has 0 saturated carbocycles. The molecule has 0 aromatic heterocycles. The summed E-state index contributed by atoms with van der Waals surface area (Å²) in [6, 6.07) is 9.39. The molecule has 22 heavy (non-hydrogen) atoms. The lowest BCUT2D eigenvalue weighted by molar-refractivity contribution is 0.0956. The number of benzene rings is 2. The highest BCUT2D eigenvalue weighted by molar-refractivity contribution is 6.09. The van der Waals surface area contributed by atoms with Gasteiger partial charge in [-0.2, -0.15) is 0 Å². The Hall–Kier alpha value is -2.76. The Balaban J connectivity index is 2.31. The fraction of sp³-hybridized carbons (Fsp3) is 0.125. The van der Waals surface area contributed by atoms with E-state index in [1.54, 1.807) is 19.1 Å². The van der Waals surface area contributed by atoms with Crippen molar-refractivity contribution in [3.05, 3.63) is 65.2 Å². The van der Waals surface area contributed by atoms with Crippen LogP contribution in [-0.2, 0) is 0 Å². The number of anilines is 1. The molecule has 0 bridgehead atoms. The molecule has 0 heterocycles. The van der Waals surface area contributed by atoms with Gasteiger partial charge in [-0.05, 0) is 31.2 Å². The Bertz CT molecular complexity index is 697. The smallest absolute Gasteiger partial charge is 0.261 e. The highest BCUT2D eigenvalue weighted by Crippen LogP contribution is 2.18. The third-order valence-electron chi connectivity index (χ3n) is 2.95. The quantitative estimate of drug-likeness (QED) is 0.912. The number of carbonyl (C=O) groups is 2. The minimum absolute atomic E-state index is 0.182. The Morgan fingerprint density at radius 2 is 1.59 bits per heavy atom. The van der Waals surface area contributed by atoms with Crippen LogP contribution in [0, 0.1) is 11.6 Å². The van der Waals surface area contributed by atoms with E-state index in [-0.39, 0.29) is 17.2 Å². The van der Waals surface area contributed by atoms with Gasteiger partial charge in [-0.1, -0.05) is 18.2 Å². The zero-order chi connectivity index (χ0) is 16.1. The third-order valence-corrected chi connectivity index (χ3v) is 2.95. The minimum Gasteiger partial charge on any atom is -0.352 e. The summed E-state index contributed by atoms with van der Waals surface area (Å²) in [7, 11) is 0. The molecule has 6 heteroatoms. The SMILES string of the molecule is CCNC(=O)c1ccccc1NC(=O)c1c(F)cccc1F. The topological polar surface area (TPSA) is 58.2 Å². The first kappa shape index (κ1) is 15.6. The van der Waals surface area contributed by atoms with Crippen LogP contribution in [0.4, 0.5) is 14.5 Å². The van der Waals surface area contributed by atoms with Gasteiger partial charge in [-0.15, -0.1) is 0 Å². The summed E-state index contributed by atoms with van der Waals surface area (Å²) in [6.07, 6.45) is 0.